The molecule has 1 aromatic carbocycles. The summed E-state index contributed by atoms with van der Waals surface area (Å²) >= 11 is 0. The third kappa shape index (κ3) is 5.19. The lowest BCUT2D eigenvalue weighted by molar-refractivity contribution is 0.367. The Morgan fingerprint density at radius 2 is 2.24 bits per heavy atom. The Bertz CT molecular complexity index is 393. The second-order valence-electron chi connectivity index (χ2n) is 3.59. The van der Waals surface area contributed by atoms with E-state index in [4.69, 9.17) is 10.00 Å². The van der Waals surface area contributed by atoms with Crippen LogP contribution in [-0.4, -0.2) is 19.7 Å². The van der Waals surface area contributed by atoms with Crippen molar-refractivity contribution >= 4 is 6.08 Å². The lowest BCUT2D eigenvalue weighted by atomic mass is 10.2. The monoisotopic (exact) mass is 230 g/mol. The van der Waals surface area contributed by atoms with E-state index >= 15 is 0 Å². The van der Waals surface area contributed by atoms with E-state index in [0.29, 0.717) is 0 Å². The summed E-state index contributed by atoms with van der Waals surface area (Å²) in [6.45, 7) is 4.10. The van der Waals surface area contributed by atoms with Gasteiger partial charge in [0.2, 0.25) is 0 Å². The molecular weight excluding hydrogens is 212 g/mol. The molecule has 0 bridgehead atoms. The molecule has 1 aromatic rings. The minimum absolute atomic E-state index is 0.0823. The van der Waals surface area contributed by atoms with Crippen LogP contribution in [0.5, 0.6) is 5.75 Å². The van der Waals surface area contributed by atoms with Crippen LogP contribution in [-0.2, 0) is 0 Å². The van der Waals surface area contributed by atoms with Crippen molar-refractivity contribution in [2.45, 2.75) is 13.3 Å². The predicted molar refractivity (Wildman–Crippen MR) is 69.7 cm³/mol. The fourth-order valence-corrected chi connectivity index (χ4v) is 1.41. The van der Waals surface area contributed by atoms with E-state index in [-0.39, 0.29) is 6.61 Å². The molecule has 0 aliphatic rings. The van der Waals surface area contributed by atoms with E-state index in [9.17, 15) is 0 Å². The molecule has 0 aromatic heterocycles. The van der Waals surface area contributed by atoms with E-state index in [1.165, 1.54) is 0 Å². The summed E-state index contributed by atoms with van der Waals surface area (Å²) in [7, 11) is 0. The molecule has 3 heteroatoms. The Hall–Kier alpha value is -1.79. The highest BCUT2D eigenvalue weighted by atomic mass is 16.5. The number of nitrogens with zero attached hydrogens (tertiary/aromatic N) is 1. The lowest BCUT2D eigenvalue weighted by Gasteiger charge is -2.05. The lowest BCUT2D eigenvalue weighted by Crippen LogP contribution is -2.13. The van der Waals surface area contributed by atoms with Gasteiger partial charge in [0.1, 0.15) is 11.8 Å². The zero-order valence-electron chi connectivity index (χ0n) is 10.1. The number of hydrogen-bond donors (Lipinski definition) is 1. The molecular formula is C14H18N2O. The molecule has 0 aliphatic heterocycles. The second-order valence-corrected chi connectivity index (χ2v) is 3.59. The van der Waals surface area contributed by atoms with Crippen molar-refractivity contribution in [2.75, 3.05) is 19.7 Å². The molecule has 0 spiro atoms. The first-order valence-corrected chi connectivity index (χ1v) is 5.84. The van der Waals surface area contributed by atoms with E-state index < -0.39 is 0 Å². The number of hydrogen-bond acceptors (Lipinski definition) is 3. The standard InChI is InChI=1S/C14H18N2O/c1-2-10-16-11-5-7-13-6-3-4-8-14(13)17-12-9-15/h3-8,16H,2,10-12H2,1H3. The third-order valence-corrected chi connectivity index (χ3v) is 2.20. The summed E-state index contributed by atoms with van der Waals surface area (Å²) in [6.07, 6.45) is 5.20. The highest BCUT2D eigenvalue weighted by molar-refractivity contribution is 5.57. The first-order valence-electron chi connectivity index (χ1n) is 5.84. The quantitative estimate of drug-likeness (QED) is 0.732. The summed E-state index contributed by atoms with van der Waals surface area (Å²) in [4.78, 5) is 0. The van der Waals surface area contributed by atoms with Crippen LogP contribution in [0.15, 0.2) is 30.3 Å². The molecule has 0 saturated heterocycles. The van der Waals surface area contributed by atoms with Gasteiger partial charge in [0.15, 0.2) is 6.61 Å². The second kappa shape index (κ2) is 8.37. The summed E-state index contributed by atoms with van der Waals surface area (Å²) < 4.78 is 5.33. The summed E-state index contributed by atoms with van der Waals surface area (Å²) in [5, 5.41) is 11.8. The molecule has 0 fully saturated rings. The topological polar surface area (TPSA) is 45.0 Å². The Kier molecular flexibility index (Phi) is 6.54. The van der Waals surface area contributed by atoms with Crippen LogP contribution in [0.4, 0.5) is 0 Å². The van der Waals surface area contributed by atoms with Gasteiger partial charge in [-0.3, -0.25) is 0 Å². The van der Waals surface area contributed by atoms with Crippen molar-refractivity contribution in [3.05, 3.63) is 35.9 Å². The smallest absolute Gasteiger partial charge is 0.174 e. The Labute approximate surface area is 103 Å². The van der Waals surface area contributed by atoms with Crippen LogP contribution in [0.3, 0.4) is 0 Å². The number of ether oxygens (including phenoxy) is 1. The van der Waals surface area contributed by atoms with Crippen molar-refractivity contribution < 1.29 is 4.74 Å². The average molecular weight is 230 g/mol. The van der Waals surface area contributed by atoms with Crippen LogP contribution in [0.25, 0.3) is 6.08 Å². The molecule has 0 unspecified atom stereocenters. The molecule has 0 saturated carbocycles. The fourth-order valence-electron chi connectivity index (χ4n) is 1.41. The van der Waals surface area contributed by atoms with E-state index in [0.717, 1.165) is 30.8 Å². The highest BCUT2D eigenvalue weighted by Gasteiger charge is 1.98. The van der Waals surface area contributed by atoms with Gasteiger partial charge in [-0.2, -0.15) is 5.26 Å². The normalized spacial score (nSPS) is 10.4. The molecule has 3 nitrogen and oxygen atoms in total. The minimum Gasteiger partial charge on any atom is -0.478 e. The average Bonchev–Trinajstić information content (AvgIpc) is 2.37. The summed E-state index contributed by atoms with van der Waals surface area (Å²) in [6, 6.07) is 9.67. The number of nitriles is 1. The van der Waals surface area contributed by atoms with E-state index in [1.807, 2.05) is 36.4 Å². The fraction of sp³-hybridized carbons (Fsp3) is 0.357. The van der Waals surface area contributed by atoms with Crippen LogP contribution in [0, 0.1) is 11.3 Å². The first kappa shape index (κ1) is 13.3. The molecule has 0 atom stereocenters. The van der Waals surface area contributed by atoms with Gasteiger partial charge in [0.25, 0.3) is 0 Å². The molecule has 0 radical (unpaired) electrons. The molecule has 1 rings (SSSR count). The van der Waals surface area contributed by atoms with Crippen LogP contribution < -0.4 is 10.1 Å². The highest BCUT2D eigenvalue weighted by Crippen LogP contribution is 2.18. The molecule has 0 amide bonds. The van der Waals surface area contributed by atoms with Crippen LogP contribution in [0.1, 0.15) is 18.9 Å². The van der Waals surface area contributed by atoms with Crippen molar-refractivity contribution in [1.82, 2.24) is 5.32 Å². The van der Waals surface area contributed by atoms with Gasteiger partial charge in [0.05, 0.1) is 0 Å². The maximum absolute atomic E-state index is 8.49. The van der Waals surface area contributed by atoms with Gasteiger partial charge in [0, 0.05) is 12.1 Å². The largest absolute Gasteiger partial charge is 0.478 e. The molecule has 17 heavy (non-hydrogen) atoms. The summed E-state index contributed by atoms with van der Waals surface area (Å²) in [5.41, 5.74) is 1.00. The van der Waals surface area contributed by atoms with Gasteiger partial charge in [-0.05, 0) is 19.0 Å². The molecule has 90 valence electrons. The number of nitrogens with one attached hydrogen (secondary N) is 1. The number of benzene rings is 1. The Morgan fingerprint density at radius 3 is 3.00 bits per heavy atom. The van der Waals surface area contributed by atoms with Gasteiger partial charge in [-0.1, -0.05) is 37.3 Å². The van der Waals surface area contributed by atoms with Crippen molar-refractivity contribution in [3.63, 3.8) is 0 Å². The SMILES string of the molecule is CCCNCC=Cc1ccccc1OCC#N. The maximum Gasteiger partial charge on any atom is 0.174 e. The minimum atomic E-state index is 0.0823. The predicted octanol–water partition coefficient (Wildman–Crippen LogP) is 2.60. The Morgan fingerprint density at radius 1 is 1.41 bits per heavy atom. The zero-order chi connectivity index (χ0) is 12.3. The molecule has 0 aliphatic carbocycles. The van der Waals surface area contributed by atoms with Crippen molar-refractivity contribution in [3.8, 4) is 11.8 Å². The third-order valence-electron chi connectivity index (χ3n) is 2.20. The summed E-state index contributed by atoms with van der Waals surface area (Å²) in [5.74, 6) is 0.751. The molecule has 0 heterocycles. The number of rotatable bonds is 7. The number of para-hydroxylation sites is 1. The maximum atomic E-state index is 8.49. The van der Waals surface area contributed by atoms with Gasteiger partial charge >= 0.3 is 0 Å². The molecule has 1 N–H and O–H groups in total. The van der Waals surface area contributed by atoms with Crippen molar-refractivity contribution in [2.24, 2.45) is 0 Å². The van der Waals surface area contributed by atoms with Gasteiger partial charge < -0.3 is 10.1 Å². The van der Waals surface area contributed by atoms with Gasteiger partial charge in [-0.15, -0.1) is 0 Å². The Balaban J connectivity index is 2.54. The first-order chi connectivity index (χ1) is 8.38. The van der Waals surface area contributed by atoms with Crippen molar-refractivity contribution in [1.29, 1.82) is 5.26 Å². The van der Waals surface area contributed by atoms with Crippen LogP contribution >= 0.6 is 0 Å². The zero-order valence-corrected chi connectivity index (χ0v) is 10.1. The van der Waals surface area contributed by atoms with E-state index in [2.05, 4.69) is 18.3 Å². The van der Waals surface area contributed by atoms with Crippen LogP contribution in [0.2, 0.25) is 0 Å². The van der Waals surface area contributed by atoms with E-state index in [1.54, 1.807) is 0 Å². The van der Waals surface area contributed by atoms with Gasteiger partial charge in [-0.25, -0.2) is 0 Å².